The zero-order valence-electron chi connectivity index (χ0n) is 10.7. The van der Waals surface area contributed by atoms with Crippen molar-refractivity contribution in [1.29, 1.82) is 0 Å². The number of rotatable bonds is 3. The molecule has 0 aromatic heterocycles. The van der Waals surface area contributed by atoms with Gasteiger partial charge in [-0.1, -0.05) is 13.0 Å². The molecule has 1 atom stereocenters. The SMILES string of the molecule is CC[C@H](C)NC(=O)C(=O)Nc1ccc(C)c(F)c1. The lowest BCUT2D eigenvalue weighted by Gasteiger charge is -2.11. The van der Waals surface area contributed by atoms with E-state index in [1.54, 1.807) is 19.9 Å². The lowest BCUT2D eigenvalue weighted by atomic mass is 10.2. The highest BCUT2D eigenvalue weighted by Gasteiger charge is 2.15. The molecule has 1 aromatic carbocycles. The third kappa shape index (κ3) is 3.84. The second kappa shape index (κ2) is 6.14. The summed E-state index contributed by atoms with van der Waals surface area (Å²) in [5.74, 6) is -1.93. The van der Waals surface area contributed by atoms with Crippen molar-refractivity contribution >= 4 is 17.5 Å². The number of aryl methyl sites for hydroxylation is 1. The van der Waals surface area contributed by atoms with E-state index in [0.717, 1.165) is 6.42 Å². The van der Waals surface area contributed by atoms with Crippen LogP contribution in [0.1, 0.15) is 25.8 Å². The second-order valence-electron chi connectivity index (χ2n) is 4.20. The van der Waals surface area contributed by atoms with Gasteiger partial charge in [0.2, 0.25) is 0 Å². The summed E-state index contributed by atoms with van der Waals surface area (Å²) < 4.78 is 13.2. The highest BCUT2D eigenvalue weighted by molar-refractivity contribution is 6.39. The molecule has 0 unspecified atom stereocenters. The van der Waals surface area contributed by atoms with Crippen molar-refractivity contribution in [1.82, 2.24) is 5.32 Å². The van der Waals surface area contributed by atoms with Gasteiger partial charge in [0.05, 0.1) is 0 Å². The van der Waals surface area contributed by atoms with E-state index in [2.05, 4.69) is 10.6 Å². The average molecular weight is 252 g/mol. The molecule has 0 aliphatic carbocycles. The molecule has 5 heteroatoms. The summed E-state index contributed by atoms with van der Waals surface area (Å²) in [6, 6.07) is 4.20. The summed E-state index contributed by atoms with van der Waals surface area (Å²) in [6.07, 6.45) is 0.734. The first-order chi connectivity index (χ1) is 8.43. The fourth-order valence-corrected chi connectivity index (χ4v) is 1.25. The molecule has 1 rings (SSSR count). The molecule has 0 aliphatic heterocycles. The standard InChI is InChI=1S/C13H17FN2O2/c1-4-9(3)15-12(17)13(18)16-10-6-5-8(2)11(14)7-10/h5-7,9H,4H2,1-3H3,(H,15,17)(H,16,18)/t9-/m0/s1. The van der Waals surface area contributed by atoms with Crippen LogP contribution < -0.4 is 10.6 Å². The number of carbonyl (C=O) groups is 2. The van der Waals surface area contributed by atoms with E-state index < -0.39 is 17.6 Å². The van der Waals surface area contributed by atoms with Crippen LogP contribution in [0.2, 0.25) is 0 Å². The van der Waals surface area contributed by atoms with Crippen LogP contribution in [0.3, 0.4) is 0 Å². The normalized spacial score (nSPS) is 11.8. The monoisotopic (exact) mass is 252 g/mol. The molecule has 0 aliphatic rings. The fourth-order valence-electron chi connectivity index (χ4n) is 1.25. The largest absolute Gasteiger partial charge is 0.345 e. The molecule has 18 heavy (non-hydrogen) atoms. The Morgan fingerprint density at radius 2 is 2.00 bits per heavy atom. The molecule has 0 heterocycles. The quantitative estimate of drug-likeness (QED) is 0.808. The first-order valence-electron chi connectivity index (χ1n) is 5.82. The molecule has 0 bridgehead atoms. The van der Waals surface area contributed by atoms with Crippen molar-refractivity contribution in [3.05, 3.63) is 29.6 Å². The summed E-state index contributed by atoms with van der Waals surface area (Å²) in [4.78, 5) is 23.0. The number of halogens is 1. The Labute approximate surface area is 106 Å². The molecule has 0 radical (unpaired) electrons. The maximum absolute atomic E-state index is 13.2. The maximum Gasteiger partial charge on any atom is 0.313 e. The highest BCUT2D eigenvalue weighted by atomic mass is 19.1. The highest BCUT2D eigenvalue weighted by Crippen LogP contribution is 2.13. The van der Waals surface area contributed by atoms with Crippen LogP contribution in [0.5, 0.6) is 0 Å². The minimum atomic E-state index is -0.793. The number of carbonyl (C=O) groups excluding carboxylic acids is 2. The molecule has 0 spiro atoms. The van der Waals surface area contributed by atoms with Crippen molar-refractivity contribution in [2.45, 2.75) is 33.2 Å². The van der Waals surface area contributed by atoms with Crippen LogP contribution >= 0.6 is 0 Å². The first kappa shape index (κ1) is 14.2. The zero-order valence-corrected chi connectivity index (χ0v) is 10.7. The maximum atomic E-state index is 13.2. The average Bonchev–Trinajstić information content (AvgIpc) is 2.33. The number of anilines is 1. The Hall–Kier alpha value is -1.91. The third-order valence-corrected chi connectivity index (χ3v) is 2.63. The van der Waals surface area contributed by atoms with Gasteiger partial charge in [0.25, 0.3) is 0 Å². The van der Waals surface area contributed by atoms with E-state index in [-0.39, 0.29) is 11.7 Å². The lowest BCUT2D eigenvalue weighted by Crippen LogP contribution is -2.40. The summed E-state index contributed by atoms with van der Waals surface area (Å²) in [7, 11) is 0. The smallest absolute Gasteiger partial charge is 0.313 e. The molecule has 0 saturated heterocycles. The van der Waals surface area contributed by atoms with Gasteiger partial charge in [-0.05, 0) is 38.0 Å². The third-order valence-electron chi connectivity index (χ3n) is 2.63. The number of hydrogen-bond acceptors (Lipinski definition) is 2. The van der Waals surface area contributed by atoms with Gasteiger partial charge in [-0.25, -0.2) is 4.39 Å². The number of nitrogens with one attached hydrogen (secondary N) is 2. The van der Waals surface area contributed by atoms with Crippen LogP contribution in [-0.4, -0.2) is 17.9 Å². The van der Waals surface area contributed by atoms with Gasteiger partial charge in [0.1, 0.15) is 5.82 Å². The first-order valence-corrected chi connectivity index (χ1v) is 5.82. The topological polar surface area (TPSA) is 58.2 Å². The Morgan fingerprint density at radius 3 is 2.56 bits per heavy atom. The van der Waals surface area contributed by atoms with Crippen LogP contribution in [0.4, 0.5) is 10.1 Å². The number of benzene rings is 1. The second-order valence-corrected chi connectivity index (χ2v) is 4.20. The van der Waals surface area contributed by atoms with Crippen LogP contribution in [0.15, 0.2) is 18.2 Å². The van der Waals surface area contributed by atoms with E-state index in [1.165, 1.54) is 12.1 Å². The van der Waals surface area contributed by atoms with Gasteiger partial charge in [-0.2, -0.15) is 0 Å². The summed E-state index contributed by atoms with van der Waals surface area (Å²) in [6.45, 7) is 5.32. The van der Waals surface area contributed by atoms with Gasteiger partial charge < -0.3 is 10.6 Å². The van der Waals surface area contributed by atoms with E-state index in [4.69, 9.17) is 0 Å². The molecule has 2 amide bonds. The molecular weight excluding hydrogens is 235 g/mol. The van der Waals surface area contributed by atoms with E-state index in [1.807, 2.05) is 6.92 Å². The summed E-state index contributed by atoms with van der Waals surface area (Å²) in [5, 5.41) is 4.88. The van der Waals surface area contributed by atoms with E-state index in [9.17, 15) is 14.0 Å². The predicted octanol–water partition coefficient (Wildman–Crippen LogP) is 1.99. The number of amides is 2. The van der Waals surface area contributed by atoms with Gasteiger partial charge in [0, 0.05) is 11.7 Å². The predicted molar refractivity (Wildman–Crippen MR) is 67.7 cm³/mol. The van der Waals surface area contributed by atoms with Crippen molar-refractivity contribution in [3.63, 3.8) is 0 Å². The Kier molecular flexibility index (Phi) is 4.83. The van der Waals surface area contributed by atoms with Crippen molar-refractivity contribution < 1.29 is 14.0 Å². The molecule has 98 valence electrons. The molecule has 0 fully saturated rings. The van der Waals surface area contributed by atoms with E-state index in [0.29, 0.717) is 5.56 Å². The molecule has 1 aromatic rings. The molecule has 4 nitrogen and oxygen atoms in total. The Morgan fingerprint density at radius 1 is 1.33 bits per heavy atom. The van der Waals surface area contributed by atoms with Crippen LogP contribution in [0.25, 0.3) is 0 Å². The van der Waals surface area contributed by atoms with Gasteiger partial charge >= 0.3 is 11.8 Å². The van der Waals surface area contributed by atoms with Crippen molar-refractivity contribution in [2.75, 3.05) is 5.32 Å². The Balaban J connectivity index is 2.64. The van der Waals surface area contributed by atoms with E-state index >= 15 is 0 Å². The molecular formula is C13H17FN2O2. The molecule has 0 saturated carbocycles. The van der Waals surface area contributed by atoms with Gasteiger partial charge in [-0.15, -0.1) is 0 Å². The Bertz CT molecular complexity index is 460. The minimum Gasteiger partial charge on any atom is -0.345 e. The van der Waals surface area contributed by atoms with Crippen molar-refractivity contribution in [2.24, 2.45) is 0 Å². The van der Waals surface area contributed by atoms with Gasteiger partial charge in [0.15, 0.2) is 0 Å². The number of hydrogen-bond donors (Lipinski definition) is 2. The summed E-state index contributed by atoms with van der Waals surface area (Å²) >= 11 is 0. The van der Waals surface area contributed by atoms with Crippen LogP contribution in [-0.2, 0) is 9.59 Å². The van der Waals surface area contributed by atoms with Gasteiger partial charge in [-0.3, -0.25) is 9.59 Å². The summed E-state index contributed by atoms with van der Waals surface area (Å²) in [5.41, 5.74) is 0.749. The van der Waals surface area contributed by atoms with Crippen LogP contribution in [0, 0.1) is 12.7 Å². The minimum absolute atomic E-state index is 0.0713. The van der Waals surface area contributed by atoms with Crippen molar-refractivity contribution in [3.8, 4) is 0 Å². The fraction of sp³-hybridized carbons (Fsp3) is 0.385. The molecule has 2 N–H and O–H groups in total. The zero-order chi connectivity index (χ0) is 13.7. The lowest BCUT2D eigenvalue weighted by molar-refractivity contribution is -0.136.